The van der Waals surface area contributed by atoms with Crippen LogP contribution in [0.1, 0.15) is 46.0 Å². The van der Waals surface area contributed by atoms with E-state index in [1.165, 1.54) is 12.1 Å². The van der Waals surface area contributed by atoms with Crippen LogP contribution in [0.4, 0.5) is 10.1 Å². The number of anilines is 1. The standard InChI is InChI=1S/C21H19FN2O2.C12H10BrNO2/c1-2-26-21(25)18-9-10-23-20-8-7-17(11-19(18)20)24-12-15(13-24)14-3-5-16(22)6-4-14;1-2-16-12(15)9-5-6-14-11-4-3-8(13)7-10(9)11/h3-11,15H,2,12-13H2,1H3;3-7H,2H2,1H3. The number of halogens is 2. The van der Waals surface area contributed by atoms with Gasteiger partial charge in [-0.1, -0.05) is 28.1 Å². The Morgan fingerprint density at radius 1 is 0.810 bits per heavy atom. The highest BCUT2D eigenvalue weighted by atomic mass is 79.9. The first-order valence-corrected chi connectivity index (χ1v) is 14.4. The van der Waals surface area contributed by atoms with Gasteiger partial charge in [-0.15, -0.1) is 0 Å². The lowest BCUT2D eigenvalue weighted by Crippen LogP contribution is -2.45. The molecule has 0 radical (unpaired) electrons. The van der Waals surface area contributed by atoms with Gasteiger partial charge < -0.3 is 14.4 Å². The molecule has 0 bridgehead atoms. The third-order valence-corrected chi connectivity index (χ3v) is 7.50. The number of nitrogens with zero attached hydrogens (tertiary/aromatic N) is 3. The van der Waals surface area contributed by atoms with Crippen molar-refractivity contribution >= 4 is 55.4 Å². The molecule has 7 nitrogen and oxygen atoms in total. The fourth-order valence-corrected chi connectivity index (χ4v) is 5.22. The second-order valence-corrected chi connectivity index (χ2v) is 10.6. The summed E-state index contributed by atoms with van der Waals surface area (Å²) in [7, 11) is 0. The van der Waals surface area contributed by atoms with Crippen LogP contribution in [0, 0.1) is 5.82 Å². The Kier molecular flexibility index (Phi) is 9.07. The minimum absolute atomic E-state index is 0.210. The lowest BCUT2D eigenvalue weighted by atomic mass is 9.90. The normalized spacial score (nSPS) is 12.8. The third kappa shape index (κ3) is 6.41. The van der Waals surface area contributed by atoms with Gasteiger partial charge in [0.15, 0.2) is 0 Å². The van der Waals surface area contributed by atoms with Crippen molar-refractivity contribution in [2.45, 2.75) is 19.8 Å². The number of pyridine rings is 2. The first-order valence-electron chi connectivity index (χ1n) is 13.7. The van der Waals surface area contributed by atoms with Gasteiger partial charge in [-0.2, -0.15) is 0 Å². The highest BCUT2D eigenvalue weighted by Gasteiger charge is 2.28. The minimum Gasteiger partial charge on any atom is -0.462 e. The number of esters is 2. The second kappa shape index (κ2) is 13.1. The van der Waals surface area contributed by atoms with Crippen molar-refractivity contribution in [1.29, 1.82) is 0 Å². The van der Waals surface area contributed by atoms with E-state index in [-0.39, 0.29) is 17.8 Å². The van der Waals surface area contributed by atoms with Crippen molar-refractivity contribution < 1.29 is 23.5 Å². The summed E-state index contributed by atoms with van der Waals surface area (Å²) < 4.78 is 24.1. The number of ether oxygens (including phenoxy) is 2. The Morgan fingerprint density at radius 2 is 1.36 bits per heavy atom. The van der Waals surface area contributed by atoms with E-state index in [4.69, 9.17) is 9.47 Å². The maximum Gasteiger partial charge on any atom is 0.338 e. The van der Waals surface area contributed by atoms with Gasteiger partial charge in [0.2, 0.25) is 0 Å². The molecule has 214 valence electrons. The van der Waals surface area contributed by atoms with Crippen molar-refractivity contribution in [3.63, 3.8) is 0 Å². The first-order chi connectivity index (χ1) is 20.4. The van der Waals surface area contributed by atoms with Crippen LogP contribution >= 0.6 is 15.9 Å². The molecule has 1 fully saturated rings. The van der Waals surface area contributed by atoms with Gasteiger partial charge >= 0.3 is 11.9 Å². The number of fused-ring (bicyclic) bond motifs is 2. The van der Waals surface area contributed by atoms with Gasteiger partial charge in [-0.25, -0.2) is 14.0 Å². The zero-order valence-electron chi connectivity index (χ0n) is 23.2. The zero-order chi connectivity index (χ0) is 29.6. The van der Waals surface area contributed by atoms with Crippen LogP contribution in [0.15, 0.2) is 89.7 Å². The van der Waals surface area contributed by atoms with E-state index >= 15 is 0 Å². The summed E-state index contributed by atoms with van der Waals surface area (Å²) in [4.78, 5) is 34.7. The molecule has 42 heavy (non-hydrogen) atoms. The molecule has 0 aliphatic carbocycles. The SMILES string of the molecule is CCOC(=O)c1ccnc2ccc(Br)cc12.CCOC(=O)c1ccnc2ccc(N3CC(c4ccc(F)cc4)C3)cc12. The molecule has 0 saturated carbocycles. The fourth-order valence-electron chi connectivity index (χ4n) is 4.86. The number of aromatic nitrogens is 2. The number of rotatable bonds is 6. The first kappa shape index (κ1) is 29.1. The molecule has 0 unspecified atom stereocenters. The third-order valence-electron chi connectivity index (χ3n) is 7.01. The van der Waals surface area contributed by atoms with Gasteiger partial charge in [0.25, 0.3) is 0 Å². The van der Waals surface area contributed by atoms with E-state index in [1.807, 2.05) is 48.5 Å². The molecule has 1 aliphatic heterocycles. The lowest BCUT2D eigenvalue weighted by Gasteiger charge is -2.41. The smallest absolute Gasteiger partial charge is 0.338 e. The molecule has 0 spiro atoms. The van der Waals surface area contributed by atoms with Crippen LogP contribution in [0.25, 0.3) is 21.8 Å². The summed E-state index contributed by atoms with van der Waals surface area (Å²) in [6.45, 7) is 6.03. The topological polar surface area (TPSA) is 81.6 Å². The van der Waals surface area contributed by atoms with E-state index in [0.717, 1.165) is 50.6 Å². The van der Waals surface area contributed by atoms with Crippen LogP contribution in [0.5, 0.6) is 0 Å². The van der Waals surface area contributed by atoms with Gasteiger partial charge in [-0.05, 0) is 80.1 Å². The summed E-state index contributed by atoms with van der Waals surface area (Å²) in [6.07, 6.45) is 3.24. The highest BCUT2D eigenvalue weighted by molar-refractivity contribution is 9.10. The van der Waals surface area contributed by atoms with Gasteiger partial charge in [0, 0.05) is 52.3 Å². The van der Waals surface area contributed by atoms with Crippen molar-refractivity contribution in [1.82, 2.24) is 9.97 Å². The summed E-state index contributed by atoms with van der Waals surface area (Å²) in [5.41, 5.74) is 4.85. The quantitative estimate of drug-likeness (QED) is 0.182. The molecule has 6 rings (SSSR count). The Hall–Kier alpha value is -4.37. The summed E-state index contributed by atoms with van der Waals surface area (Å²) >= 11 is 3.37. The van der Waals surface area contributed by atoms with Crippen LogP contribution in [0.2, 0.25) is 0 Å². The number of carbonyl (C=O) groups is 2. The molecule has 9 heteroatoms. The average Bonchev–Trinajstić information content (AvgIpc) is 2.97. The van der Waals surface area contributed by atoms with Crippen molar-refractivity contribution in [3.8, 4) is 0 Å². The Morgan fingerprint density at radius 3 is 1.93 bits per heavy atom. The fraction of sp³-hybridized carbons (Fsp3) is 0.212. The molecule has 2 aromatic heterocycles. The summed E-state index contributed by atoms with van der Waals surface area (Å²) in [5.74, 6) is -0.457. The number of carbonyl (C=O) groups excluding carboxylic acids is 2. The molecule has 1 saturated heterocycles. The predicted octanol–water partition coefficient (Wildman–Crippen LogP) is 7.33. The lowest BCUT2D eigenvalue weighted by molar-refractivity contribution is 0.0519. The van der Waals surface area contributed by atoms with Crippen LogP contribution in [0.3, 0.4) is 0 Å². The van der Waals surface area contributed by atoms with Crippen molar-refractivity contribution in [2.24, 2.45) is 0 Å². The maximum atomic E-state index is 13.1. The van der Waals surface area contributed by atoms with E-state index in [1.54, 1.807) is 38.4 Å². The monoisotopic (exact) mass is 629 g/mol. The van der Waals surface area contributed by atoms with E-state index < -0.39 is 0 Å². The molecular formula is C33H29BrFN3O4. The maximum absolute atomic E-state index is 13.1. The molecule has 0 N–H and O–H groups in total. The summed E-state index contributed by atoms with van der Waals surface area (Å²) in [6, 6.07) is 21.6. The molecule has 0 amide bonds. The minimum atomic E-state index is -0.329. The van der Waals surface area contributed by atoms with Crippen LogP contribution < -0.4 is 4.90 Å². The van der Waals surface area contributed by atoms with E-state index in [2.05, 4.69) is 30.8 Å². The van der Waals surface area contributed by atoms with E-state index in [9.17, 15) is 14.0 Å². The Balaban J connectivity index is 0.000000189. The number of hydrogen-bond acceptors (Lipinski definition) is 7. The molecule has 3 heterocycles. The molecular weight excluding hydrogens is 601 g/mol. The summed E-state index contributed by atoms with van der Waals surface area (Å²) in [5, 5.41) is 1.60. The van der Waals surface area contributed by atoms with E-state index in [0.29, 0.717) is 30.3 Å². The van der Waals surface area contributed by atoms with Crippen LogP contribution in [-0.4, -0.2) is 48.2 Å². The van der Waals surface area contributed by atoms with Crippen molar-refractivity contribution in [2.75, 3.05) is 31.2 Å². The molecule has 1 aliphatic rings. The molecule has 0 atom stereocenters. The largest absolute Gasteiger partial charge is 0.462 e. The van der Waals surface area contributed by atoms with Crippen LogP contribution in [-0.2, 0) is 9.47 Å². The van der Waals surface area contributed by atoms with Gasteiger partial charge in [-0.3, -0.25) is 9.97 Å². The van der Waals surface area contributed by atoms with Crippen molar-refractivity contribution in [3.05, 3.63) is 112 Å². The Labute approximate surface area is 251 Å². The second-order valence-electron chi connectivity index (χ2n) is 9.67. The highest BCUT2D eigenvalue weighted by Crippen LogP contribution is 2.33. The Bertz CT molecular complexity index is 1740. The zero-order valence-corrected chi connectivity index (χ0v) is 24.8. The predicted molar refractivity (Wildman–Crippen MR) is 164 cm³/mol. The number of benzene rings is 3. The molecule has 3 aromatic carbocycles. The average molecular weight is 631 g/mol. The molecule has 5 aromatic rings. The van der Waals surface area contributed by atoms with Gasteiger partial charge in [0.1, 0.15) is 5.82 Å². The van der Waals surface area contributed by atoms with Gasteiger partial charge in [0.05, 0.1) is 35.4 Å². The number of hydrogen-bond donors (Lipinski definition) is 0.